The molecule has 4 aliphatic rings. The molecule has 4 fully saturated rings. The number of phenolic OH excluding ortho intramolecular Hbond substituents is 1. The highest BCUT2D eigenvalue weighted by Crippen LogP contribution is 2.41. The maximum Gasteiger partial charge on any atom is 0.319 e. The first-order valence-corrected chi connectivity index (χ1v) is 15.4. The third-order valence-electron chi connectivity index (χ3n) is 9.91. The first-order valence-electron chi connectivity index (χ1n) is 15.4. The van der Waals surface area contributed by atoms with Gasteiger partial charge in [0.05, 0.1) is 10.9 Å². The van der Waals surface area contributed by atoms with Crippen LogP contribution in [0.2, 0.25) is 0 Å². The molecule has 9 nitrogen and oxygen atoms in total. The molecule has 2 N–H and O–H groups in total. The van der Waals surface area contributed by atoms with Crippen molar-refractivity contribution in [1.29, 1.82) is 0 Å². The lowest BCUT2D eigenvalue weighted by Gasteiger charge is -2.34. The summed E-state index contributed by atoms with van der Waals surface area (Å²) in [6.45, 7) is 5.02. The molecule has 0 radical (unpaired) electrons. The van der Waals surface area contributed by atoms with Crippen molar-refractivity contribution >= 4 is 27.5 Å². The molecule has 7 heterocycles. The average Bonchev–Trinajstić information content (AvgIpc) is 3.65. The molecular formula is C32H35F2N7O2. The monoisotopic (exact) mass is 587 g/mol. The molecule has 8 rings (SSSR count). The predicted octanol–water partition coefficient (Wildman–Crippen LogP) is 4.54. The SMILES string of the molecule is CCc1nccc2cc(O)cc(-c3ncc4c(N5C[C@H]6CC[C@@H](C5)N6)nc(OC[C@@]56CCCN5C[C@H](F)C6)nc4c3F)c12. The van der Waals surface area contributed by atoms with Crippen molar-refractivity contribution in [2.75, 3.05) is 37.7 Å². The van der Waals surface area contributed by atoms with Crippen molar-refractivity contribution in [3.63, 3.8) is 0 Å². The Morgan fingerprint density at radius 1 is 1.14 bits per heavy atom. The largest absolute Gasteiger partial charge is 0.508 e. The van der Waals surface area contributed by atoms with Gasteiger partial charge in [0.2, 0.25) is 0 Å². The van der Waals surface area contributed by atoms with E-state index in [4.69, 9.17) is 9.72 Å². The van der Waals surface area contributed by atoms with Gasteiger partial charge < -0.3 is 20.1 Å². The number of aromatic hydroxyl groups is 1. The van der Waals surface area contributed by atoms with Gasteiger partial charge >= 0.3 is 6.01 Å². The van der Waals surface area contributed by atoms with Crippen LogP contribution in [-0.2, 0) is 6.42 Å². The van der Waals surface area contributed by atoms with Gasteiger partial charge in [-0.2, -0.15) is 9.97 Å². The fraction of sp³-hybridized carbons (Fsp3) is 0.500. The number of benzene rings is 1. The molecule has 0 aliphatic carbocycles. The highest BCUT2D eigenvalue weighted by molar-refractivity contribution is 6.01. The Kier molecular flexibility index (Phi) is 6.38. The van der Waals surface area contributed by atoms with Gasteiger partial charge in [-0.15, -0.1) is 0 Å². The van der Waals surface area contributed by atoms with E-state index in [9.17, 15) is 9.50 Å². The fourth-order valence-electron chi connectivity index (χ4n) is 7.96. The molecule has 2 bridgehead atoms. The third kappa shape index (κ3) is 4.47. The topological polar surface area (TPSA) is 99.5 Å². The van der Waals surface area contributed by atoms with Crippen LogP contribution in [0.25, 0.3) is 32.9 Å². The zero-order valence-corrected chi connectivity index (χ0v) is 24.2. The zero-order valence-electron chi connectivity index (χ0n) is 24.2. The molecule has 43 heavy (non-hydrogen) atoms. The van der Waals surface area contributed by atoms with Gasteiger partial charge in [0.15, 0.2) is 5.82 Å². The molecule has 4 saturated heterocycles. The van der Waals surface area contributed by atoms with Crippen LogP contribution >= 0.6 is 0 Å². The van der Waals surface area contributed by atoms with Crippen LogP contribution in [0.5, 0.6) is 11.8 Å². The second kappa shape index (κ2) is 10.2. The smallest absolute Gasteiger partial charge is 0.319 e. The molecule has 0 spiro atoms. The molecule has 0 amide bonds. The van der Waals surface area contributed by atoms with E-state index in [-0.39, 0.29) is 35.1 Å². The molecule has 4 aromatic rings. The summed E-state index contributed by atoms with van der Waals surface area (Å²) in [7, 11) is 0. The Hall–Kier alpha value is -3.70. The normalized spacial score (nSPS) is 27.0. The Balaban J connectivity index is 1.26. The number of anilines is 1. The molecule has 4 aliphatic heterocycles. The van der Waals surface area contributed by atoms with Crippen LogP contribution in [0.1, 0.15) is 44.7 Å². The van der Waals surface area contributed by atoms with Crippen molar-refractivity contribution in [3.05, 3.63) is 42.1 Å². The van der Waals surface area contributed by atoms with Crippen LogP contribution in [0.3, 0.4) is 0 Å². The first-order chi connectivity index (χ1) is 20.9. The maximum atomic E-state index is 16.8. The minimum Gasteiger partial charge on any atom is -0.508 e. The van der Waals surface area contributed by atoms with E-state index in [0.717, 1.165) is 61.8 Å². The van der Waals surface area contributed by atoms with E-state index >= 15 is 4.39 Å². The van der Waals surface area contributed by atoms with E-state index in [1.807, 2.05) is 6.92 Å². The number of hydrogen-bond acceptors (Lipinski definition) is 9. The summed E-state index contributed by atoms with van der Waals surface area (Å²) >= 11 is 0. The second-order valence-corrected chi connectivity index (χ2v) is 12.6. The van der Waals surface area contributed by atoms with Gasteiger partial charge in [0.1, 0.15) is 35.6 Å². The molecule has 0 unspecified atom stereocenters. The lowest BCUT2D eigenvalue weighted by Crippen LogP contribution is -2.51. The number of phenols is 1. The van der Waals surface area contributed by atoms with Crippen molar-refractivity contribution in [2.24, 2.45) is 0 Å². The molecule has 1 aromatic carbocycles. The van der Waals surface area contributed by atoms with E-state index < -0.39 is 12.0 Å². The molecular weight excluding hydrogens is 552 g/mol. The standard InChI is InChI=1S/C32H35F2N7O2/c1-2-25-26-18(6-8-35-25)10-22(42)11-23(26)28-27(34)29-24(13-36-28)30(40-15-20-4-5-21(16-40)37-20)39-31(38-29)43-17-32-7-3-9-41(32)14-19(33)12-32/h6,8,10-11,13,19-21,37,42H,2-5,7,9,12,14-17H2,1H3/t19-,20-,21+,32+/m1/s1. The Labute approximate surface area is 248 Å². The van der Waals surface area contributed by atoms with Gasteiger partial charge in [0, 0.05) is 67.2 Å². The predicted molar refractivity (Wildman–Crippen MR) is 160 cm³/mol. The second-order valence-electron chi connectivity index (χ2n) is 12.6. The number of aryl methyl sites for hydroxylation is 1. The van der Waals surface area contributed by atoms with Crippen LogP contribution in [0.4, 0.5) is 14.6 Å². The van der Waals surface area contributed by atoms with Crippen LogP contribution in [0, 0.1) is 5.82 Å². The number of alkyl halides is 1. The summed E-state index contributed by atoms with van der Waals surface area (Å²) in [5, 5.41) is 16.2. The van der Waals surface area contributed by atoms with Gasteiger partial charge in [-0.1, -0.05) is 6.92 Å². The Bertz CT molecular complexity index is 1730. The first kappa shape index (κ1) is 26.9. The highest BCUT2D eigenvalue weighted by atomic mass is 19.1. The molecule has 224 valence electrons. The number of pyridine rings is 2. The van der Waals surface area contributed by atoms with Crippen molar-refractivity contribution < 1.29 is 18.6 Å². The van der Waals surface area contributed by atoms with Gasteiger partial charge in [-0.3, -0.25) is 14.9 Å². The number of hydrogen-bond donors (Lipinski definition) is 2. The summed E-state index contributed by atoms with van der Waals surface area (Å²) in [4.78, 5) is 23.0. The number of nitrogens with zero attached hydrogens (tertiary/aromatic N) is 6. The number of fused-ring (bicyclic) bond motifs is 5. The minimum atomic E-state index is -0.876. The summed E-state index contributed by atoms with van der Waals surface area (Å²) < 4.78 is 37.5. The van der Waals surface area contributed by atoms with Crippen LogP contribution in [-0.4, -0.2) is 86.5 Å². The number of ether oxygens (including phenoxy) is 1. The molecule has 4 atom stereocenters. The Morgan fingerprint density at radius 3 is 2.79 bits per heavy atom. The third-order valence-corrected chi connectivity index (χ3v) is 9.91. The highest BCUT2D eigenvalue weighted by Gasteiger charge is 2.49. The maximum absolute atomic E-state index is 16.8. The summed E-state index contributed by atoms with van der Waals surface area (Å²) in [5.41, 5.74) is 1.08. The summed E-state index contributed by atoms with van der Waals surface area (Å²) in [6, 6.07) is 5.77. The average molecular weight is 588 g/mol. The van der Waals surface area contributed by atoms with E-state index in [1.54, 1.807) is 24.5 Å². The number of halogens is 2. The number of nitrogens with one attached hydrogen (secondary N) is 1. The van der Waals surface area contributed by atoms with E-state index in [1.165, 1.54) is 6.07 Å². The van der Waals surface area contributed by atoms with Gasteiger partial charge in [-0.25, -0.2) is 8.78 Å². The number of rotatable bonds is 6. The number of aromatic nitrogens is 4. The van der Waals surface area contributed by atoms with Crippen molar-refractivity contribution in [3.8, 4) is 23.0 Å². The quantitative estimate of drug-likeness (QED) is 0.337. The summed E-state index contributed by atoms with van der Waals surface area (Å²) in [6.07, 6.45) is 7.55. The fourth-order valence-corrected chi connectivity index (χ4v) is 7.96. The van der Waals surface area contributed by atoms with Crippen molar-refractivity contribution in [1.82, 2.24) is 30.2 Å². The molecule has 0 saturated carbocycles. The number of piperazine rings is 1. The van der Waals surface area contributed by atoms with Gasteiger partial charge in [-0.05, 0) is 62.2 Å². The van der Waals surface area contributed by atoms with Crippen LogP contribution in [0.15, 0.2) is 30.6 Å². The van der Waals surface area contributed by atoms with Crippen molar-refractivity contribution in [2.45, 2.75) is 69.2 Å². The van der Waals surface area contributed by atoms with Gasteiger partial charge in [0.25, 0.3) is 0 Å². The Morgan fingerprint density at radius 2 is 1.98 bits per heavy atom. The molecule has 11 heteroatoms. The minimum absolute atomic E-state index is 0.0174. The zero-order chi connectivity index (χ0) is 29.3. The lowest BCUT2D eigenvalue weighted by atomic mass is 9.95. The molecule has 3 aromatic heterocycles. The lowest BCUT2D eigenvalue weighted by molar-refractivity contribution is 0.107. The van der Waals surface area contributed by atoms with E-state index in [2.05, 4.69) is 30.1 Å². The summed E-state index contributed by atoms with van der Waals surface area (Å²) in [5.74, 6) is 0.0136. The van der Waals surface area contributed by atoms with E-state index in [0.29, 0.717) is 48.2 Å². The van der Waals surface area contributed by atoms with Crippen LogP contribution < -0.4 is 15.0 Å².